The van der Waals surface area contributed by atoms with Crippen molar-refractivity contribution in [2.75, 3.05) is 6.54 Å². The van der Waals surface area contributed by atoms with Crippen molar-refractivity contribution >= 4 is 5.91 Å². The van der Waals surface area contributed by atoms with E-state index in [1.54, 1.807) is 50.6 Å². The van der Waals surface area contributed by atoms with Gasteiger partial charge in [0.1, 0.15) is 6.10 Å². The summed E-state index contributed by atoms with van der Waals surface area (Å²) in [4.78, 5) is 21.1. The average Bonchev–Trinajstić information content (AvgIpc) is 3.29. The number of nitrogens with zero attached hydrogens (tertiary/aromatic N) is 5. The molecule has 1 fully saturated rings. The summed E-state index contributed by atoms with van der Waals surface area (Å²) in [7, 11) is 0. The fraction of sp³-hybridized carbons (Fsp3) is 0.391. The quantitative estimate of drug-likeness (QED) is 0.681. The summed E-state index contributed by atoms with van der Waals surface area (Å²) in [6, 6.07) is 10.9. The number of aromatic nitrogens is 4. The van der Waals surface area contributed by atoms with Crippen molar-refractivity contribution in [3.05, 3.63) is 66.1 Å². The van der Waals surface area contributed by atoms with Crippen LogP contribution < -0.4 is 4.74 Å². The van der Waals surface area contributed by atoms with Crippen LogP contribution in [0, 0.1) is 0 Å². The zero-order chi connectivity index (χ0) is 22.0. The Balaban J connectivity index is 1.53. The molecule has 1 aromatic carbocycles. The van der Waals surface area contributed by atoms with E-state index in [-0.39, 0.29) is 18.1 Å². The highest BCUT2D eigenvalue weighted by Crippen LogP contribution is 2.27. The molecule has 2 aromatic heterocycles. The summed E-state index contributed by atoms with van der Waals surface area (Å²) < 4.78 is 6.11. The molecule has 0 spiro atoms. The molecule has 1 aliphatic heterocycles. The maximum atomic E-state index is 13.5. The first-order valence-electron chi connectivity index (χ1n) is 10.4. The second-order valence-corrected chi connectivity index (χ2v) is 8.40. The van der Waals surface area contributed by atoms with Crippen molar-refractivity contribution in [1.29, 1.82) is 0 Å². The van der Waals surface area contributed by atoms with Gasteiger partial charge in [-0.3, -0.25) is 4.79 Å². The second kappa shape index (κ2) is 8.47. The second-order valence-electron chi connectivity index (χ2n) is 8.40. The summed E-state index contributed by atoms with van der Waals surface area (Å²) >= 11 is 0. The fourth-order valence-electron chi connectivity index (χ4n) is 3.80. The minimum Gasteiger partial charge on any atom is -0.472 e. The fourth-order valence-corrected chi connectivity index (χ4v) is 3.80. The number of amides is 1. The van der Waals surface area contributed by atoms with Gasteiger partial charge >= 0.3 is 0 Å². The van der Waals surface area contributed by atoms with Gasteiger partial charge in [0.05, 0.1) is 35.8 Å². The molecule has 1 N–H and O–H groups in total. The van der Waals surface area contributed by atoms with Crippen LogP contribution >= 0.6 is 0 Å². The van der Waals surface area contributed by atoms with Gasteiger partial charge in [0.15, 0.2) is 0 Å². The van der Waals surface area contributed by atoms with Crippen molar-refractivity contribution in [2.45, 2.75) is 51.4 Å². The van der Waals surface area contributed by atoms with E-state index in [9.17, 15) is 9.90 Å². The van der Waals surface area contributed by atoms with Gasteiger partial charge in [-0.25, -0.2) is 4.98 Å². The number of aliphatic hydroxyl groups is 1. The third kappa shape index (κ3) is 4.59. The molecule has 162 valence electrons. The lowest BCUT2D eigenvalue weighted by atomic mass is 9.99. The Kier molecular flexibility index (Phi) is 5.73. The molecule has 0 bridgehead atoms. The normalized spacial score (nSPS) is 19.3. The van der Waals surface area contributed by atoms with Crippen LogP contribution in [0.1, 0.15) is 49.5 Å². The van der Waals surface area contributed by atoms with E-state index >= 15 is 0 Å². The molecule has 0 saturated carbocycles. The van der Waals surface area contributed by atoms with Gasteiger partial charge in [-0.05, 0) is 57.4 Å². The Hall–Kier alpha value is -3.26. The van der Waals surface area contributed by atoms with Gasteiger partial charge in [0.2, 0.25) is 5.88 Å². The molecule has 31 heavy (non-hydrogen) atoms. The molecule has 4 rings (SSSR count). The van der Waals surface area contributed by atoms with E-state index in [0.717, 1.165) is 18.4 Å². The lowest BCUT2D eigenvalue weighted by Crippen LogP contribution is -2.49. The maximum absolute atomic E-state index is 13.5. The van der Waals surface area contributed by atoms with Crippen LogP contribution in [0.4, 0.5) is 0 Å². The maximum Gasteiger partial charge on any atom is 0.256 e. The van der Waals surface area contributed by atoms with Crippen molar-refractivity contribution in [3.8, 4) is 11.6 Å². The number of para-hydroxylation sites is 1. The molecule has 3 heterocycles. The Morgan fingerprint density at radius 3 is 2.61 bits per heavy atom. The van der Waals surface area contributed by atoms with Crippen LogP contribution in [0.3, 0.4) is 0 Å². The van der Waals surface area contributed by atoms with Crippen molar-refractivity contribution in [1.82, 2.24) is 24.9 Å². The molecule has 0 unspecified atom stereocenters. The van der Waals surface area contributed by atoms with Crippen LogP contribution in [-0.2, 0) is 5.60 Å². The molecule has 3 aromatic rings. The van der Waals surface area contributed by atoms with Crippen LogP contribution in [0.5, 0.6) is 5.88 Å². The number of carbonyl (C=O) groups excluding carboxylic acids is 1. The van der Waals surface area contributed by atoms with Crippen LogP contribution in [0.2, 0.25) is 0 Å². The smallest absolute Gasteiger partial charge is 0.256 e. The minimum atomic E-state index is -0.978. The molecule has 0 aliphatic carbocycles. The predicted molar refractivity (Wildman–Crippen MR) is 115 cm³/mol. The van der Waals surface area contributed by atoms with Crippen molar-refractivity contribution in [2.24, 2.45) is 0 Å². The summed E-state index contributed by atoms with van der Waals surface area (Å²) in [6.45, 7) is 5.95. The Labute approximate surface area is 181 Å². The monoisotopic (exact) mass is 421 g/mol. The molecule has 1 aliphatic rings. The first-order valence-corrected chi connectivity index (χ1v) is 10.4. The Morgan fingerprint density at radius 2 is 1.87 bits per heavy atom. The molecular formula is C23H27N5O3. The zero-order valence-corrected chi connectivity index (χ0v) is 18.0. The van der Waals surface area contributed by atoms with E-state index < -0.39 is 5.60 Å². The highest BCUT2D eigenvalue weighted by molar-refractivity contribution is 5.98. The zero-order valence-electron chi connectivity index (χ0n) is 18.0. The molecule has 1 saturated heterocycles. The van der Waals surface area contributed by atoms with Gasteiger partial charge in [0.25, 0.3) is 5.91 Å². The van der Waals surface area contributed by atoms with Gasteiger partial charge in [-0.1, -0.05) is 12.1 Å². The molecule has 8 heteroatoms. The summed E-state index contributed by atoms with van der Waals surface area (Å²) in [5, 5.41) is 18.6. The van der Waals surface area contributed by atoms with Gasteiger partial charge in [-0.15, -0.1) is 0 Å². The van der Waals surface area contributed by atoms with E-state index in [2.05, 4.69) is 22.1 Å². The van der Waals surface area contributed by atoms with Gasteiger partial charge < -0.3 is 14.7 Å². The largest absolute Gasteiger partial charge is 0.472 e. The van der Waals surface area contributed by atoms with Crippen LogP contribution in [-0.4, -0.2) is 54.6 Å². The van der Waals surface area contributed by atoms with E-state index in [0.29, 0.717) is 23.7 Å². The Bertz CT molecular complexity index is 1050. The number of rotatable bonds is 5. The first-order chi connectivity index (χ1) is 14.8. The molecule has 8 nitrogen and oxygen atoms in total. The number of ether oxygens (including phenoxy) is 1. The number of pyridine rings is 1. The number of hydrogen-bond acceptors (Lipinski definition) is 6. The topological polar surface area (TPSA) is 93.4 Å². The standard InChI is InChI=1S/C23H27N5O3/c1-16-8-9-18(31-21-14-17(10-11-24-21)23(2,3)30)15-27(16)22(29)19-6-4-5-7-20(19)28-25-12-13-26-28/h4-7,10-14,16,18,30H,8-9,15H2,1-3H3/t16-,18-/m1/s1. The van der Waals surface area contributed by atoms with E-state index in [4.69, 9.17) is 4.74 Å². The summed E-state index contributed by atoms with van der Waals surface area (Å²) in [5.41, 5.74) is 0.949. The van der Waals surface area contributed by atoms with Crippen molar-refractivity contribution in [3.63, 3.8) is 0 Å². The third-order valence-electron chi connectivity index (χ3n) is 5.60. The van der Waals surface area contributed by atoms with Crippen LogP contribution in [0.25, 0.3) is 5.69 Å². The first kappa shape index (κ1) is 21.0. The number of likely N-dealkylation sites (tertiary alicyclic amines) is 1. The number of benzene rings is 1. The number of carbonyl (C=O) groups is 1. The van der Waals surface area contributed by atoms with E-state index in [1.165, 1.54) is 4.80 Å². The SMILES string of the molecule is C[C@@H]1CC[C@@H](Oc2cc(C(C)(C)O)ccn2)CN1C(=O)c1ccccc1-n1nccn1. The highest BCUT2D eigenvalue weighted by atomic mass is 16.5. The molecule has 2 atom stereocenters. The molecule has 1 amide bonds. The van der Waals surface area contributed by atoms with E-state index in [1.807, 2.05) is 23.1 Å². The summed E-state index contributed by atoms with van der Waals surface area (Å²) in [5.74, 6) is 0.375. The van der Waals surface area contributed by atoms with Gasteiger partial charge in [0, 0.05) is 18.3 Å². The number of hydrogen-bond donors (Lipinski definition) is 1. The molecular weight excluding hydrogens is 394 g/mol. The Morgan fingerprint density at radius 1 is 1.13 bits per heavy atom. The molecule has 0 radical (unpaired) electrons. The number of piperidine rings is 1. The highest BCUT2D eigenvalue weighted by Gasteiger charge is 2.32. The third-order valence-corrected chi connectivity index (χ3v) is 5.60. The average molecular weight is 422 g/mol. The lowest BCUT2D eigenvalue weighted by Gasteiger charge is -2.38. The predicted octanol–water partition coefficient (Wildman–Crippen LogP) is 2.96. The lowest BCUT2D eigenvalue weighted by molar-refractivity contribution is 0.0369. The van der Waals surface area contributed by atoms with Gasteiger partial charge in [-0.2, -0.15) is 15.0 Å². The summed E-state index contributed by atoms with van der Waals surface area (Å²) in [6.07, 6.45) is 6.27. The van der Waals surface area contributed by atoms with Crippen molar-refractivity contribution < 1.29 is 14.6 Å². The van der Waals surface area contributed by atoms with Crippen LogP contribution in [0.15, 0.2) is 55.0 Å². The minimum absolute atomic E-state index is 0.0769.